The van der Waals surface area contributed by atoms with E-state index < -0.39 is 23.0 Å². The van der Waals surface area contributed by atoms with Crippen LogP contribution in [0.25, 0.3) is 11.3 Å². The van der Waals surface area contributed by atoms with Gasteiger partial charge in [0.2, 0.25) is 0 Å². The van der Waals surface area contributed by atoms with Crippen LogP contribution in [0, 0.1) is 12.3 Å². The zero-order chi connectivity index (χ0) is 25.0. The van der Waals surface area contributed by atoms with Crippen molar-refractivity contribution in [1.29, 1.82) is 0 Å². The van der Waals surface area contributed by atoms with Gasteiger partial charge in [0.25, 0.3) is 0 Å². The number of aryl methyl sites for hydroxylation is 1. The van der Waals surface area contributed by atoms with Crippen molar-refractivity contribution in [2.45, 2.75) is 51.8 Å². The minimum atomic E-state index is -4.69. The largest absolute Gasteiger partial charge is 0.434 e. The lowest BCUT2D eigenvalue weighted by molar-refractivity contribution is -0.141. The van der Waals surface area contributed by atoms with Crippen LogP contribution in [0.1, 0.15) is 54.1 Å². The van der Waals surface area contributed by atoms with Crippen molar-refractivity contribution in [2.24, 2.45) is 5.41 Å². The molecule has 1 spiro atoms. The maximum Gasteiger partial charge on any atom is 0.434 e. The minimum Gasteiger partial charge on any atom is -0.387 e. The summed E-state index contributed by atoms with van der Waals surface area (Å²) in [5.41, 5.74) is 3.01. The molecule has 0 saturated carbocycles. The second-order valence-corrected chi connectivity index (χ2v) is 10.0. The Morgan fingerprint density at radius 3 is 2.26 bits per heavy atom. The lowest BCUT2D eigenvalue weighted by Crippen LogP contribution is -2.41. The van der Waals surface area contributed by atoms with Crippen LogP contribution in [0.2, 0.25) is 5.02 Å². The van der Waals surface area contributed by atoms with E-state index >= 15 is 0 Å². The van der Waals surface area contributed by atoms with Gasteiger partial charge in [-0.2, -0.15) is 13.2 Å². The van der Waals surface area contributed by atoms with Crippen LogP contribution < -0.4 is 4.90 Å². The van der Waals surface area contributed by atoms with Crippen molar-refractivity contribution < 1.29 is 18.3 Å². The molecule has 0 bridgehead atoms. The van der Waals surface area contributed by atoms with E-state index in [2.05, 4.69) is 39.1 Å². The summed E-state index contributed by atoms with van der Waals surface area (Å²) in [7, 11) is 0. The maximum absolute atomic E-state index is 13.3. The molecule has 5 nitrogen and oxygen atoms in total. The number of halogens is 4. The molecule has 1 aromatic carbocycles. The Bertz CT molecular complexity index is 1240. The van der Waals surface area contributed by atoms with Crippen molar-refractivity contribution in [3.8, 4) is 11.3 Å². The van der Waals surface area contributed by atoms with Crippen LogP contribution in [0.5, 0.6) is 0 Å². The fourth-order valence-corrected chi connectivity index (χ4v) is 5.74. The van der Waals surface area contributed by atoms with Crippen LogP contribution in [-0.2, 0) is 19.0 Å². The number of hydrogen-bond donors (Lipinski definition) is 1. The van der Waals surface area contributed by atoms with Gasteiger partial charge in [-0.25, -0.2) is 9.97 Å². The molecule has 5 rings (SSSR count). The van der Waals surface area contributed by atoms with Gasteiger partial charge in [0.1, 0.15) is 5.69 Å². The summed E-state index contributed by atoms with van der Waals surface area (Å²) in [5, 5.41) is 9.99. The van der Waals surface area contributed by atoms with Gasteiger partial charge >= 0.3 is 6.18 Å². The fourth-order valence-electron chi connectivity index (χ4n) is 5.43. The second kappa shape index (κ2) is 8.75. The summed E-state index contributed by atoms with van der Waals surface area (Å²) in [6.45, 7) is 4.83. The topological polar surface area (TPSA) is 62.1 Å². The molecule has 1 atom stereocenters. The Hall–Kier alpha value is -2.71. The van der Waals surface area contributed by atoms with E-state index in [1.165, 1.54) is 17.2 Å². The molecular formula is C26H26ClF3N4O. The molecule has 2 aromatic heterocycles. The van der Waals surface area contributed by atoms with E-state index in [9.17, 15) is 18.3 Å². The third-order valence-electron chi connectivity index (χ3n) is 7.26. The molecule has 1 aliphatic carbocycles. The Morgan fingerprint density at radius 1 is 1.06 bits per heavy atom. The highest BCUT2D eigenvalue weighted by Gasteiger charge is 2.41. The van der Waals surface area contributed by atoms with Gasteiger partial charge in [-0.1, -0.05) is 35.9 Å². The molecule has 3 heterocycles. The number of anilines is 1. The number of rotatable bonds is 3. The first kappa shape index (κ1) is 24.0. The van der Waals surface area contributed by atoms with E-state index in [1.807, 2.05) is 0 Å². The number of piperidine rings is 1. The summed E-state index contributed by atoms with van der Waals surface area (Å²) in [5.74, 6) is 0.577. The highest BCUT2D eigenvalue weighted by Crippen LogP contribution is 2.46. The number of aliphatic hydroxyl groups excluding tert-OH is 1. The zero-order valence-electron chi connectivity index (χ0n) is 19.5. The molecule has 2 aliphatic rings. The molecule has 1 unspecified atom stereocenters. The van der Waals surface area contributed by atoms with Crippen LogP contribution in [0.15, 0.2) is 36.5 Å². The van der Waals surface area contributed by atoms with Gasteiger partial charge in [0, 0.05) is 24.8 Å². The van der Waals surface area contributed by atoms with Gasteiger partial charge in [-0.15, -0.1) is 0 Å². The van der Waals surface area contributed by atoms with Gasteiger partial charge in [-0.05, 0) is 62.1 Å². The first-order valence-electron chi connectivity index (χ1n) is 11.7. The third kappa shape index (κ3) is 4.38. The highest BCUT2D eigenvalue weighted by atomic mass is 35.5. The number of aromatic nitrogens is 3. The summed E-state index contributed by atoms with van der Waals surface area (Å²) in [6.07, 6.45) is -0.442. The average molecular weight is 503 g/mol. The molecule has 1 fully saturated rings. The molecule has 1 saturated heterocycles. The first-order chi connectivity index (χ1) is 16.6. The Balaban J connectivity index is 1.45. The van der Waals surface area contributed by atoms with Crippen molar-refractivity contribution >= 4 is 17.4 Å². The van der Waals surface area contributed by atoms with Gasteiger partial charge in [-0.3, -0.25) is 4.98 Å². The SMILES string of the molecule is Cc1nc(N2CCC3(CC2)Cc2ccccc2C3)c(C(C)O)nc1-c1ccnc(C(F)(F)F)c1Cl. The Kier molecular flexibility index (Phi) is 6.00. The number of benzene rings is 1. The van der Waals surface area contributed by atoms with Crippen LogP contribution in [0.4, 0.5) is 19.0 Å². The van der Waals surface area contributed by atoms with E-state index in [0.717, 1.165) is 45.0 Å². The van der Waals surface area contributed by atoms with E-state index in [-0.39, 0.29) is 16.7 Å². The van der Waals surface area contributed by atoms with Crippen molar-refractivity contribution in [2.75, 3.05) is 18.0 Å². The smallest absolute Gasteiger partial charge is 0.387 e. The minimum absolute atomic E-state index is 0.0914. The normalized spacial score (nSPS) is 18.1. The molecule has 0 radical (unpaired) electrons. The Morgan fingerprint density at radius 2 is 1.69 bits per heavy atom. The standard InChI is InChI=1S/C26H26ClF3N4O/c1-15-21(19-7-10-31-23(20(19)27)26(28,29)30)33-22(16(2)35)24(32-15)34-11-8-25(9-12-34)13-17-5-3-4-6-18(17)14-25/h3-7,10,16,35H,8-9,11-14H2,1-2H3. The molecule has 9 heteroatoms. The number of fused-ring (bicyclic) bond motifs is 1. The summed E-state index contributed by atoms with van der Waals surface area (Å²) >= 11 is 6.10. The molecule has 3 aromatic rings. The summed E-state index contributed by atoms with van der Waals surface area (Å²) in [4.78, 5) is 14.8. The molecule has 1 aliphatic heterocycles. The number of alkyl halides is 3. The number of nitrogens with zero attached hydrogens (tertiary/aromatic N) is 4. The lowest BCUT2D eigenvalue weighted by atomic mass is 9.76. The van der Waals surface area contributed by atoms with Crippen LogP contribution in [-0.4, -0.2) is 33.1 Å². The van der Waals surface area contributed by atoms with E-state index in [0.29, 0.717) is 17.2 Å². The third-order valence-corrected chi connectivity index (χ3v) is 7.64. The van der Waals surface area contributed by atoms with E-state index in [1.54, 1.807) is 13.8 Å². The predicted octanol–water partition coefficient (Wildman–Crippen LogP) is 5.96. The summed E-state index contributed by atoms with van der Waals surface area (Å²) < 4.78 is 40.0. The monoisotopic (exact) mass is 502 g/mol. The summed E-state index contributed by atoms with van der Waals surface area (Å²) in [6, 6.07) is 10.00. The molecular weight excluding hydrogens is 477 g/mol. The van der Waals surface area contributed by atoms with Crippen molar-refractivity contribution in [1.82, 2.24) is 15.0 Å². The molecule has 1 N–H and O–H groups in total. The quantitative estimate of drug-likeness (QED) is 0.479. The second-order valence-electron chi connectivity index (χ2n) is 9.67. The van der Waals surface area contributed by atoms with Crippen LogP contribution >= 0.6 is 11.6 Å². The van der Waals surface area contributed by atoms with Crippen molar-refractivity contribution in [3.63, 3.8) is 0 Å². The molecule has 184 valence electrons. The van der Waals surface area contributed by atoms with Gasteiger partial charge in [0.15, 0.2) is 11.5 Å². The average Bonchev–Trinajstić information content (AvgIpc) is 3.16. The molecule has 0 amide bonds. The maximum atomic E-state index is 13.3. The van der Waals surface area contributed by atoms with Crippen LogP contribution in [0.3, 0.4) is 0 Å². The zero-order valence-corrected chi connectivity index (χ0v) is 20.3. The first-order valence-corrected chi connectivity index (χ1v) is 12.1. The van der Waals surface area contributed by atoms with Gasteiger partial charge < -0.3 is 10.0 Å². The van der Waals surface area contributed by atoms with Crippen molar-refractivity contribution in [3.05, 3.63) is 69.8 Å². The number of hydrogen-bond acceptors (Lipinski definition) is 5. The Labute approximate surface area is 207 Å². The fraction of sp³-hybridized carbons (Fsp3) is 0.423. The highest BCUT2D eigenvalue weighted by molar-refractivity contribution is 6.34. The molecule has 35 heavy (non-hydrogen) atoms. The number of aliphatic hydroxyl groups is 1. The van der Waals surface area contributed by atoms with E-state index in [4.69, 9.17) is 16.6 Å². The van der Waals surface area contributed by atoms with Gasteiger partial charge in [0.05, 0.1) is 22.5 Å². The number of pyridine rings is 1. The predicted molar refractivity (Wildman–Crippen MR) is 128 cm³/mol. The lowest BCUT2D eigenvalue weighted by Gasteiger charge is -2.40.